The molecule has 0 atom stereocenters. The second-order valence-electron chi connectivity index (χ2n) is 2.58. The van der Waals surface area contributed by atoms with Crippen LogP contribution in [0.4, 0.5) is 0 Å². The van der Waals surface area contributed by atoms with Crippen molar-refractivity contribution < 1.29 is 9.47 Å². The fourth-order valence-corrected chi connectivity index (χ4v) is 0.500. The molecule has 82 valence electrons. The van der Waals surface area contributed by atoms with Gasteiger partial charge in [0.05, 0.1) is 10.2 Å². The largest absolute Gasteiger partial charge is 0.361 e. The van der Waals surface area contributed by atoms with Crippen LogP contribution in [0, 0.1) is 0 Å². The Kier molecular flexibility index (Phi) is 17.4. The van der Waals surface area contributed by atoms with Gasteiger partial charge < -0.3 is 20.5 Å². The van der Waals surface area contributed by atoms with Gasteiger partial charge in [-0.15, -0.1) is 0 Å². The molecule has 0 heterocycles. The van der Waals surface area contributed by atoms with Crippen molar-refractivity contribution in [3.05, 3.63) is 0 Å². The molecule has 13 heavy (non-hydrogen) atoms. The molecule has 0 aromatic heterocycles. The highest BCUT2D eigenvalue weighted by atomic mass is 28.1. The van der Waals surface area contributed by atoms with Gasteiger partial charge in [-0.1, -0.05) is 6.92 Å². The second kappa shape index (κ2) is 14.6. The molecule has 0 spiro atoms. The molecule has 0 amide bonds. The van der Waals surface area contributed by atoms with Crippen molar-refractivity contribution >= 4 is 10.2 Å². The first-order chi connectivity index (χ1) is 6.22. The van der Waals surface area contributed by atoms with E-state index in [1.54, 1.807) is 14.2 Å². The van der Waals surface area contributed by atoms with E-state index < -0.39 is 0 Å². The summed E-state index contributed by atoms with van der Waals surface area (Å²) in [7, 11) is 4.23. The summed E-state index contributed by atoms with van der Waals surface area (Å²) in [4.78, 5) is 0. The SMILES string of the molecule is CCCNCCN.COC([SiH3])OC. The fraction of sp³-hybridized carbons (Fsp3) is 1.00. The average Bonchev–Trinajstić information content (AvgIpc) is 2.18. The maximum absolute atomic E-state index is 5.21. The van der Waals surface area contributed by atoms with Crippen molar-refractivity contribution in [1.82, 2.24) is 5.32 Å². The van der Waals surface area contributed by atoms with Crippen molar-refractivity contribution in [1.29, 1.82) is 0 Å². The first-order valence-electron chi connectivity index (χ1n) is 4.69. The Balaban J connectivity index is 0. The summed E-state index contributed by atoms with van der Waals surface area (Å²) in [6.07, 6.45) is 1.19. The van der Waals surface area contributed by atoms with E-state index in [0.717, 1.165) is 29.9 Å². The highest BCUT2D eigenvalue weighted by molar-refractivity contribution is 6.09. The van der Waals surface area contributed by atoms with Gasteiger partial charge in [-0.3, -0.25) is 0 Å². The lowest BCUT2D eigenvalue weighted by Gasteiger charge is -2.03. The van der Waals surface area contributed by atoms with E-state index in [4.69, 9.17) is 15.2 Å². The van der Waals surface area contributed by atoms with Gasteiger partial charge in [0.15, 0.2) is 0 Å². The van der Waals surface area contributed by atoms with Gasteiger partial charge in [0, 0.05) is 27.3 Å². The monoisotopic (exact) mass is 208 g/mol. The third-order valence-electron chi connectivity index (χ3n) is 1.41. The molecule has 0 radical (unpaired) electrons. The minimum absolute atomic E-state index is 0.0741. The topological polar surface area (TPSA) is 56.5 Å². The number of nitrogens with two attached hydrogens (primary N) is 1. The van der Waals surface area contributed by atoms with Gasteiger partial charge in [-0.05, 0) is 13.0 Å². The van der Waals surface area contributed by atoms with E-state index in [9.17, 15) is 0 Å². The van der Waals surface area contributed by atoms with E-state index >= 15 is 0 Å². The maximum Gasteiger partial charge on any atom is 0.130 e. The Morgan fingerprint density at radius 2 is 1.85 bits per heavy atom. The first kappa shape index (κ1) is 15.5. The van der Waals surface area contributed by atoms with Crippen molar-refractivity contribution in [2.75, 3.05) is 33.9 Å². The van der Waals surface area contributed by atoms with Crippen LogP contribution in [0.2, 0.25) is 0 Å². The lowest BCUT2D eigenvalue weighted by Crippen LogP contribution is -2.22. The van der Waals surface area contributed by atoms with E-state index in [0.29, 0.717) is 0 Å². The van der Waals surface area contributed by atoms with Crippen LogP contribution in [0.1, 0.15) is 13.3 Å². The Morgan fingerprint density at radius 3 is 2.08 bits per heavy atom. The van der Waals surface area contributed by atoms with Crippen LogP contribution in [0.15, 0.2) is 0 Å². The van der Waals surface area contributed by atoms with Crippen LogP contribution < -0.4 is 11.1 Å². The van der Waals surface area contributed by atoms with Gasteiger partial charge >= 0.3 is 0 Å². The average molecular weight is 208 g/mol. The standard InChI is InChI=1S/C5H14N2.C3H10O2Si/c1-2-4-7-5-3-6;1-4-3(6)5-2/h7H,2-6H2,1H3;3H,1-2,6H3. The van der Waals surface area contributed by atoms with Gasteiger partial charge in [0.25, 0.3) is 0 Å². The minimum Gasteiger partial charge on any atom is -0.361 e. The Labute approximate surface area is 84.6 Å². The third kappa shape index (κ3) is 18.8. The Morgan fingerprint density at radius 1 is 1.31 bits per heavy atom. The molecule has 0 fully saturated rings. The number of rotatable bonds is 6. The molecule has 4 nitrogen and oxygen atoms in total. The smallest absolute Gasteiger partial charge is 0.130 e. The normalized spacial score (nSPS) is 9.92. The fourth-order valence-electron chi connectivity index (χ4n) is 0.500. The Hall–Kier alpha value is 0.0569. The molecule has 0 saturated heterocycles. The molecular weight excluding hydrogens is 184 g/mol. The highest BCUT2D eigenvalue weighted by Gasteiger charge is 1.87. The van der Waals surface area contributed by atoms with Crippen LogP contribution in [-0.2, 0) is 9.47 Å². The van der Waals surface area contributed by atoms with Gasteiger partial charge in [0.1, 0.15) is 5.91 Å². The van der Waals surface area contributed by atoms with Crippen LogP contribution in [0.25, 0.3) is 0 Å². The van der Waals surface area contributed by atoms with Gasteiger partial charge in [-0.2, -0.15) is 0 Å². The summed E-state index contributed by atoms with van der Waals surface area (Å²) in [5.74, 6) is 0.0741. The zero-order valence-corrected chi connectivity index (χ0v) is 11.3. The van der Waals surface area contributed by atoms with Crippen molar-refractivity contribution in [3.63, 3.8) is 0 Å². The first-order valence-corrected chi connectivity index (χ1v) is 5.84. The molecule has 0 aliphatic rings. The number of hydrogen-bond donors (Lipinski definition) is 2. The van der Waals surface area contributed by atoms with Crippen molar-refractivity contribution in [2.24, 2.45) is 5.73 Å². The minimum atomic E-state index is 0.0741. The summed E-state index contributed by atoms with van der Waals surface area (Å²) in [5.41, 5.74) is 5.21. The molecular formula is C8H24N2O2Si. The third-order valence-corrected chi connectivity index (χ3v) is 2.35. The second-order valence-corrected chi connectivity index (χ2v) is 3.52. The maximum atomic E-state index is 5.21. The molecule has 3 N–H and O–H groups in total. The number of ether oxygens (including phenoxy) is 2. The number of hydrogen-bond acceptors (Lipinski definition) is 4. The summed E-state index contributed by atoms with van der Waals surface area (Å²) in [5, 5.41) is 3.16. The molecule has 0 aromatic rings. The summed E-state index contributed by atoms with van der Waals surface area (Å²) < 4.78 is 9.48. The number of methoxy groups -OCH3 is 2. The van der Waals surface area contributed by atoms with Gasteiger partial charge in [0.2, 0.25) is 0 Å². The van der Waals surface area contributed by atoms with Crippen molar-refractivity contribution in [2.45, 2.75) is 19.3 Å². The molecule has 0 aliphatic heterocycles. The zero-order valence-electron chi connectivity index (χ0n) is 9.30. The highest BCUT2D eigenvalue weighted by Crippen LogP contribution is 1.77. The lowest BCUT2D eigenvalue weighted by molar-refractivity contribution is -0.0411. The van der Waals surface area contributed by atoms with E-state index in [-0.39, 0.29) is 5.91 Å². The van der Waals surface area contributed by atoms with Crippen LogP contribution in [-0.4, -0.2) is 50.0 Å². The molecule has 0 aliphatic carbocycles. The molecule has 0 bridgehead atoms. The molecule has 0 aromatic carbocycles. The van der Waals surface area contributed by atoms with E-state index in [1.807, 2.05) is 0 Å². The van der Waals surface area contributed by atoms with E-state index in [2.05, 4.69) is 12.2 Å². The van der Waals surface area contributed by atoms with Crippen molar-refractivity contribution in [3.8, 4) is 0 Å². The zero-order chi connectivity index (χ0) is 10.5. The van der Waals surface area contributed by atoms with E-state index in [1.165, 1.54) is 6.42 Å². The molecule has 5 heteroatoms. The summed E-state index contributed by atoms with van der Waals surface area (Å²) in [6.45, 7) is 4.94. The van der Waals surface area contributed by atoms with Gasteiger partial charge in [-0.25, -0.2) is 0 Å². The number of nitrogens with one attached hydrogen (secondary N) is 1. The van der Waals surface area contributed by atoms with Crippen LogP contribution >= 0.6 is 0 Å². The molecule has 0 unspecified atom stereocenters. The van der Waals surface area contributed by atoms with Crippen LogP contribution in [0.5, 0.6) is 0 Å². The van der Waals surface area contributed by atoms with Crippen LogP contribution in [0.3, 0.4) is 0 Å². The Bertz CT molecular complexity index is 78.5. The summed E-state index contributed by atoms with van der Waals surface area (Å²) >= 11 is 0. The lowest BCUT2D eigenvalue weighted by atomic mass is 10.5. The quantitative estimate of drug-likeness (QED) is 0.330. The predicted octanol–water partition coefficient (Wildman–Crippen LogP) is -1.13. The molecule has 0 saturated carbocycles. The molecule has 0 rings (SSSR count). The predicted molar refractivity (Wildman–Crippen MR) is 60.0 cm³/mol. The summed E-state index contributed by atoms with van der Waals surface area (Å²) in [6, 6.07) is 0.